The Kier molecular flexibility index (Phi) is 7.15. The average Bonchev–Trinajstić information content (AvgIpc) is 2.46. The first kappa shape index (κ1) is 19.1. The third-order valence-corrected chi connectivity index (χ3v) is 3.58. The maximum Gasteiger partial charge on any atom is 0.387 e. The largest absolute Gasteiger partial charge is 0.434 e. The van der Waals surface area contributed by atoms with E-state index in [0.29, 0.717) is 12.8 Å². The molecule has 1 rings (SSSR count). The van der Waals surface area contributed by atoms with Gasteiger partial charge in [-0.2, -0.15) is 8.78 Å². The Morgan fingerprint density at radius 1 is 1.43 bits per heavy atom. The molecule has 8 heteroatoms. The number of aliphatic hydroxyl groups excluding tert-OH is 1. The van der Waals surface area contributed by atoms with Gasteiger partial charge in [0.15, 0.2) is 0 Å². The number of carbonyl (C=O) groups excluding carboxylic acids is 1. The molecule has 130 valence electrons. The van der Waals surface area contributed by atoms with E-state index in [9.17, 15) is 18.0 Å². The van der Waals surface area contributed by atoms with Gasteiger partial charge in [0.1, 0.15) is 11.6 Å². The predicted octanol–water partition coefficient (Wildman–Crippen LogP) is 2.78. The Labute approximate surface area is 132 Å². The van der Waals surface area contributed by atoms with Crippen LogP contribution in [0, 0.1) is 5.82 Å². The molecule has 0 bridgehead atoms. The first-order valence-corrected chi connectivity index (χ1v) is 7.20. The second kappa shape index (κ2) is 8.61. The first-order valence-electron chi connectivity index (χ1n) is 7.20. The van der Waals surface area contributed by atoms with E-state index in [0.717, 1.165) is 6.07 Å². The standard InChI is InChI=1S/C15H21F3N2O3/c1-3-15(2,7-8-21)20-14(22)19-9-10-11(16)5-4-6-12(10)23-13(17)18/h4-6,13,21H,3,7-9H2,1-2H3,(H2,19,20,22). The van der Waals surface area contributed by atoms with Gasteiger partial charge in [-0.15, -0.1) is 0 Å². The Bertz CT molecular complexity index is 529. The van der Waals surface area contributed by atoms with E-state index >= 15 is 0 Å². The molecule has 0 saturated carbocycles. The molecule has 1 aromatic rings. The minimum Gasteiger partial charge on any atom is -0.434 e. The van der Waals surface area contributed by atoms with Crippen LogP contribution in [0.3, 0.4) is 0 Å². The molecule has 1 unspecified atom stereocenters. The number of aliphatic hydroxyl groups is 1. The van der Waals surface area contributed by atoms with Gasteiger partial charge < -0.3 is 20.5 Å². The van der Waals surface area contributed by atoms with Crippen molar-refractivity contribution < 1.29 is 27.8 Å². The van der Waals surface area contributed by atoms with E-state index < -0.39 is 24.0 Å². The summed E-state index contributed by atoms with van der Waals surface area (Å²) in [7, 11) is 0. The number of ether oxygens (including phenoxy) is 1. The Morgan fingerprint density at radius 2 is 2.13 bits per heavy atom. The van der Waals surface area contributed by atoms with E-state index in [1.54, 1.807) is 6.92 Å². The lowest BCUT2D eigenvalue weighted by molar-refractivity contribution is -0.0506. The van der Waals surface area contributed by atoms with Crippen molar-refractivity contribution >= 4 is 6.03 Å². The lowest BCUT2D eigenvalue weighted by Crippen LogP contribution is -2.50. The molecule has 0 aliphatic rings. The van der Waals surface area contributed by atoms with Crippen LogP contribution >= 0.6 is 0 Å². The maximum atomic E-state index is 13.7. The Morgan fingerprint density at radius 3 is 2.70 bits per heavy atom. The molecule has 3 N–H and O–H groups in total. The van der Waals surface area contributed by atoms with Crippen molar-refractivity contribution in [3.63, 3.8) is 0 Å². The molecule has 0 aliphatic heterocycles. The third kappa shape index (κ3) is 5.97. The van der Waals surface area contributed by atoms with Crippen LogP contribution in [0.2, 0.25) is 0 Å². The van der Waals surface area contributed by atoms with Crippen LogP contribution in [-0.4, -0.2) is 29.9 Å². The fraction of sp³-hybridized carbons (Fsp3) is 0.533. The van der Waals surface area contributed by atoms with E-state index in [4.69, 9.17) is 5.11 Å². The van der Waals surface area contributed by atoms with Gasteiger partial charge in [0.2, 0.25) is 0 Å². The summed E-state index contributed by atoms with van der Waals surface area (Å²) < 4.78 is 42.6. The van der Waals surface area contributed by atoms with Gasteiger partial charge in [-0.25, -0.2) is 9.18 Å². The zero-order chi connectivity index (χ0) is 17.5. The summed E-state index contributed by atoms with van der Waals surface area (Å²) in [6, 6.07) is 2.95. The highest BCUT2D eigenvalue weighted by molar-refractivity contribution is 5.74. The van der Waals surface area contributed by atoms with Crippen LogP contribution in [0.1, 0.15) is 32.3 Å². The number of halogens is 3. The molecular formula is C15H21F3N2O3. The number of hydrogen-bond acceptors (Lipinski definition) is 3. The number of urea groups is 1. The number of hydrogen-bond donors (Lipinski definition) is 3. The maximum absolute atomic E-state index is 13.7. The van der Waals surface area contributed by atoms with Crippen molar-refractivity contribution in [3.8, 4) is 5.75 Å². The highest BCUT2D eigenvalue weighted by atomic mass is 19.3. The SMILES string of the molecule is CCC(C)(CCO)NC(=O)NCc1c(F)cccc1OC(F)F. The monoisotopic (exact) mass is 334 g/mol. The predicted molar refractivity (Wildman–Crippen MR) is 78.8 cm³/mol. The second-order valence-electron chi connectivity index (χ2n) is 5.29. The van der Waals surface area contributed by atoms with Gasteiger partial charge in [-0.1, -0.05) is 13.0 Å². The fourth-order valence-electron chi connectivity index (χ4n) is 1.98. The lowest BCUT2D eigenvalue weighted by atomic mass is 9.95. The van der Waals surface area contributed by atoms with Crippen molar-refractivity contribution in [2.75, 3.05) is 6.61 Å². The molecule has 2 amide bonds. The van der Waals surface area contributed by atoms with Crippen LogP contribution in [0.4, 0.5) is 18.0 Å². The molecule has 0 saturated heterocycles. The van der Waals surface area contributed by atoms with Crippen LogP contribution in [-0.2, 0) is 6.54 Å². The van der Waals surface area contributed by atoms with E-state index in [1.807, 2.05) is 6.92 Å². The molecule has 0 radical (unpaired) electrons. The van der Waals surface area contributed by atoms with Crippen LogP contribution in [0.15, 0.2) is 18.2 Å². The molecule has 1 atom stereocenters. The van der Waals surface area contributed by atoms with Gasteiger partial charge in [0.05, 0.1) is 6.54 Å². The van der Waals surface area contributed by atoms with Crippen LogP contribution in [0.25, 0.3) is 0 Å². The Balaban J connectivity index is 2.72. The highest BCUT2D eigenvalue weighted by Crippen LogP contribution is 2.23. The summed E-state index contributed by atoms with van der Waals surface area (Å²) >= 11 is 0. The van der Waals surface area contributed by atoms with E-state index in [2.05, 4.69) is 15.4 Å². The number of alkyl halides is 2. The minimum atomic E-state index is -3.09. The average molecular weight is 334 g/mol. The normalized spacial score (nSPS) is 13.5. The van der Waals surface area contributed by atoms with Crippen molar-refractivity contribution in [2.24, 2.45) is 0 Å². The van der Waals surface area contributed by atoms with Crippen molar-refractivity contribution in [2.45, 2.75) is 45.4 Å². The summed E-state index contributed by atoms with van der Waals surface area (Å²) in [5.74, 6) is -1.08. The summed E-state index contributed by atoms with van der Waals surface area (Å²) in [5, 5.41) is 14.1. The van der Waals surface area contributed by atoms with Gasteiger partial charge >= 0.3 is 12.6 Å². The van der Waals surface area contributed by atoms with Gasteiger partial charge in [0, 0.05) is 17.7 Å². The molecule has 0 spiro atoms. The van der Waals surface area contributed by atoms with E-state index in [1.165, 1.54) is 12.1 Å². The van der Waals surface area contributed by atoms with Crippen molar-refractivity contribution in [1.82, 2.24) is 10.6 Å². The molecule has 0 heterocycles. The smallest absolute Gasteiger partial charge is 0.387 e. The van der Waals surface area contributed by atoms with Crippen molar-refractivity contribution in [1.29, 1.82) is 0 Å². The first-order chi connectivity index (χ1) is 10.8. The molecule has 0 fully saturated rings. The van der Waals surface area contributed by atoms with Crippen LogP contribution < -0.4 is 15.4 Å². The number of carbonyl (C=O) groups is 1. The third-order valence-electron chi connectivity index (χ3n) is 3.58. The minimum absolute atomic E-state index is 0.0929. The number of rotatable bonds is 8. The van der Waals surface area contributed by atoms with Crippen LogP contribution in [0.5, 0.6) is 5.75 Å². The lowest BCUT2D eigenvalue weighted by Gasteiger charge is -2.29. The van der Waals surface area contributed by atoms with Gasteiger partial charge in [-0.05, 0) is 31.9 Å². The molecule has 0 aliphatic carbocycles. The van der Waals surface area contributed by atoms with E-state index in [-0.39, 0.29) is 24.5 Å². The molecule has 5 nitrogen and oxygen atoms in total. The van der Waals surface area contributed by atoms with Gasteiger partial charge in [0.25, 0.3) is 0 Å². The summed E-state index contributed by atoms with van der Waals surface area (Å²) in [5.41, 5.74) is -0.778. The fourth-order valence-corrected chi connectivity index (χ4v) is 1.98. The molecule has 23 heavy (non-hydrogen) atoms. The number of benzene rings is 1. The summed E-state index contributed by atoms with van der Waals surface area (Å²) in [4.78, 5) is 11.9. The topological polar surface area (TPSA) is 70.6 Å². The summed E-state index contributed by atoms with van der Waals surface area (Å²) in [6.07, 6.45) is 0.941. The molecule has 0 aromatic heterocycles. The van der Waals surface area contributed by atoms with Gasteiger partial charge in [-0.3, -0.25) is 0 Å². The molecular weight excluding hydrogens is 313 g/mol. The summed E-state index contributed by atoms with van der Waals surface area (Å²) in [6.45, 7) is 0.125. The quantitative estimate of drug-likeness (QED) is 0.685. The zero-order valence-electron chi connectivity index (χ0n) is 13.0. The molecule has 1 aromatic carbocycles. The number of amides is 2. The highest BCUT2D eigenvalue weighted by Gasteiger charge is 2.24. The second-order valence-corrected chi connectivity index (χ2v) is 5.29. The Hall–Kier alpha value is -1.96. The number of nitrogens with one attached hydrogen (secondary N) is 2. The zero-order valence-corrected chi connectivity index (χ0v) is 13.0. The van der Waals surface area contributed by atoms with Crippen molar-refractivity contribution in [3.05, 3.63) is 29.6 Å².